The van der Waals surface area contributed by atoms with Gasteiger partial charge in [-0.2, -0.15) is 9.71 Å². The van der Waals surface area contributed by atoms with E-state index in [1.165, 1.54) is 18.5 Å². The molecule has 3 aromatic rings. The zero-order valence-electron chi connectivity index (χ0n) is 12.2. The fourth-order valence-corrected chi connectivity index (χ4v) is 2.17. The molecule has 0 atom stereocenters. The minimum Gasteiger partial charge on any atom is -0.619 e. The summed E-state index contributed by atoms with van der Waals surface area (Å²) < 4.78 is 11.0. The molecule has 0 saturated carbocycles. The van der Waals surface area contributed by atoms with Crippen LogP contribution in [-0.2, 0) is 13.0 Å². The Kier molecular flexibility index (Phi) is 3.80. The largest absolute Gasteiger partial charge is 0.619 e. The van der Waals surface area contributed by atoms with Gasteiger partial charge in [-0.15, -0.1) is 0 Å². The second-order valence-corrected chi connectivity index (χ2v) is 4.85. The van der Waals surface area contributed by atoms with Gasteiger partial charge in [-0.1, -0.05) is 6.92 Å². The highest BCUT2D eigenvalue weighted by Crippen LogP contribution is 2.14. The van der Waals surface area contributed by atoms with Gasteiger partial charge < -0.3 is 14.4 Å². The summed E-state index contributed by atoms with van der Waals surface area (Å²) in [5, 5.41) is 11.2. The Morgan fingerprint density at radius 3 is 2.78 bits per heavy atom. The normalized spacial score (nSPS) is 10.8. The van der Waals surface area contributed by atoms with E-state index in [0.29, 0.717) is 16.7 Å². The van der Waals surface area contributed by atoms with Gasteiger partial charge in [0, 0.05) is 23.8 Å². The number of pyridine rings is 1. The number of hydrogen-bond acceptors (Lipinski definition) is 6. The van der Waals surface area contributed by atoms with Crippen molar-refractivity contribution < 1.29 is 13.9 Å². The molecule has 23 heavy (non-hydrogen) atoms. The Morgan fingerprint density at radius 1 is 1.35 bits per heavy atom. The van der Waals surface area contributed by atoms with E-state index in [4.69, 9.17) is 9.15 Å². The Labute approximate surface area is 129 Å². The molecule has 0 amide bonds. The van der Waals surface area contributed by atoms with Gasteiger partial charge in [-0.25, -0.2) is 4.79 Å². The zero-order valence-corrected chi connectivity index (χ0v) is 12.2. The summed E-state index contributed by atoms with van der Waals surface area (Å²) in [7, 11) is 0. The van der Waals surface area contributed by atoms with E-state index < -0.39 is 11.2 Å². The minimum atomic E-state index is -0.568. The van der Waals surface area contributed by atoms with Crippen LogP contribution in [0.1, 0.15) is 18.1 Å². The quantitative estimate of drug-likeness (QED) is 0.559. The van der Waals surface area contributed by atoms with Crippen molar-refractivity contribution in [2.75, 3.05) is 0 Å². The van der Waals surface area contributed by atoms with Crippen molar-refractivity contribution in [3.05, 3.63) is 67.7 Å². The van der Waals surface area contributed by atoms with E-state index in [9.17, 15) is 14.8 Å². The second kappa shape index (κ2) is 5.91. The fraction of sp³-hybridized carbons (Fsp3) is 0.200. The van der Waals surface area contributed by atoms with Crippen LogP contribution in [0.25, 0.3) is 11.1 Å². The summed E-state index contributed by atoms with van der Waals surface area (Å²) in [6.07, 6.45) is 3.18. The lowest BCUT2D eigenvalue weighted by molar-refractivity contribution is -0.605. The number of rotatable bonds is 4. The van der Waals surface area contributed by atoms with E-state index in [1.54, 1.807) is 12.1 Å². The molecule has 118 valence electrons. The molecule has 3 rings (SSSR count). The van der Waals surface area contributed by atoms with Crippen molar-refractivity contribution in [1.82, 2.24) is 9.97 Å². The number of nitrogens with zero attached hydrogens (tertiary/aromatic N) is 2. The van der Waals surface area contributed by atoms with Gasteiger partial charge >= 0.3 is 5.63 Å². The summed E-state index contributed by atoms with van der Waals surface area (Å²) in [4.78, 5) is 30.2. The standard InChI is InChI=1S/C15H13N3O5/c1-2-10-7-11(19)23-14-12(10)13(20)16-15(17-14)22-8-9-3-5-18(21)6-4-9/h3-7H,2,8H2,1H3,(H,16,17,20). The molecule has 0 aromatic carbocycles. The lowest BCUT2D eigenvalue weighted by Crippen LogP contribution is -2.24. The van der Waals surface area contributed by atoms with Crippen LogP contribution in [0.15, 0.2) is 44.6 Å². The summed E-state index contributed by atoms with van der Waals surface area (Å²) in [5.41, 5.74) is 0.235. The van der Waals surface area contributed by atoms with Crippen LogP contribution in [0.5, 0.6) is 6.01 Å². The highest BCUT2D eigenvalue weighted by Gasteiger charge is 2.12. The summed E-state index contributed by atoms with van der Waals surface area (Å²) in [6, 6.07) is 4.39. The van der Waals surface area contributed by atoms with Crippen molar-refractivity contribution >= 4 is 11.1 Å². The molecule has 0 unspecified atom stereocenters. The van der Waals surface area contributed by atoms with Gasteiger partial charge in [0.15, 0.2) is 12.4 Å². The number of nitrogens with one attached hydrogen (secondary N) is 1. The van der Waals surface area contributed by atoms with Crippen LogP contribution >= 0.6 is 0 Å². The molecular weight excluding hydrogens is 302 g/mol. The van der Waals surface area contributed by atoms with Crippen molar-refractivity contribution in [2.24, 2.45) is 0 Å². The monoisotopic (exact) mass is 315 g/mol. The smallest absolute Gasteiger partial charge is 0.337 e. The lowest BCUT2D eigenvalue weighted by Gasteiger charge is -2.06. The van der Waals surface area contributed by atoms with Crippen molar-refractivity contribution in [2.45, 2.75) is 20.0 Å². The van der Waals surface area contributed by atoms with Gasteiger partial charge in [0.1, 0.15) is 12.0 Å². The molecule has 0 aliphatic heterocycles. The number of aryl methyl sites for hydroxylation is 1. The van der Waals surface area contributed by atoms with Crippen molar-refractivity contribution in [1.29, 1.82) is 0 Å². The molecule has 8 heteroatoms. The van der Waals surface area contributed by atoms with Gasteiger partial charge in [-0.05, 0) is 12.0 Å². The van der Waals surface area contributed by atoms with Gasteiger partial charge in [-0.3, -0.25) is 9.78 Å². The topological polar surface area (TPSA) is 112 Å². The van der Waals surface area contributed by atoms with E-state index >= 15 is 0 Å². The molecule has 1 N–H and O–H groups in total. The molecule has 0 aliphatic rings. The van der Waals surface area contributed by atoms with E-state index in [1.807, 2.05) is 6.92 Å². The summed E-state index contributed by atoms with van der Waals surface area (Å²) >= 11 is 0. The average Bonchev–Trinajstić information content (AvgIpc) is 2.53. The van der Waals surface area contributed by atoms with E-state index in [0.717, 1.165) is 5.56 Å². The fourth-order valence-electron chi connectivity index (χ4n) is 2.17. The molecule has 0 spiro atoms. The maximum Gasteiger partial charge on any atom is 0.337 e. The first-order valence-corrected chi connectivity index (χ1v) is 6.94. The predicted molar refractivity (Wildman–Crippen MR) is 80.0 cm³/mol. The zero-order chi connectivity index (χ0) is 16.4. The van der Waals surface area contributed by atoms with Crippen LogP contribution < -0.4 is 20.7 Å². The average molecular weight is 315 g/mol. The number of aromatic nitrogens is 3. The number of ether oxygens (including phenoxy) is 1. The first kappa shape index (κ1) is 14.8. The Balaban J connectivity index is 1.95. The van der Waals surface area contributed by atoms with Crippen LogP contribution in [0, 0.1) is 5.21 Å². The van der Waals surface area contributed by atoms with Crippen LogP contribution in [0.3, 0.4) is 0 Å². The van der Waals surface area contributed by atoms with Gasteiger partial charge in [0.2, 0.25) is 5.71 Å². The summed E-state index contributed by atoms with van der Waals surface area (Å²) in [6.45, 7) is 1.93. The van der Waals surface area contributed by atoms with E-state index in [2.05, 4.69) is 9.97 Å². The van der Waals surface area contributed by atoms with Gasteiger partial charge in [0.05, 0.1) is 0 Å². The molecule has 0 aliphatic carbocycles. The Bertz CT molecular complexity index is 959. The molecule has 0 radical (unpaired) electrons. The number of fused-ring (bicyclic) bond motifs is 1. The first-order chi connectivity index (χ1) is 11.1. The molecule has 8 nitrogen and oxygen atoms in total. The maximum atomic E-state index is 12.2. The molecule has 0 fully saturated rings. The minimum absolute atomic E-state index is 0.0569. The van der Waals surface area contributed by atoms with Crippen LogP contribution in [0.2, 0.25) is 0 Å². The van der Waals surface area contributed by atoms with Gasteiger partial charge in [0.25, 0.3) is 11.6 Å². The predicted octanol–water partition coefficient (Wildman–Crippen LogP) is 0.651. The number of hydrogen-bond donors (Lipinski definition) is 1. The highest BCUT2D eigenvalue weighted by atomic mass is 16.5. The summed E-state index contributed by atoms with van der Waals surface area (Å²) in [5.74, 6) is 0. The third-order valence-corrected chi connectivity index (χ3v) is 3.30. The molecule has 3 aromatic heterocycles. The molecular formula is C15H13N3O5. The number of H-pyrrole nitrogens is 1. The first-order valence-electron chi connectivity index (χ1n) is 6.94. The lowest BCUT2D eigenvalue weighted by atomic mass is 10.1. The maximum absolute atomic E-state index is 12.2. The SMILES string of the molecule is CCc1cc(=O)oc2nc(OCc3cc[n+]([O-])cc3)[nH]c(=O)c12. The highest BCUT2D eigenvalue weighted by molar-refractivity contribution is 5.75. The van der Waals surface area contributed by atoms with Crippen molar-refractivity contribution in [3.8, 4) is 6.01 Å². The van der Waals surface area contributed by atoms with E-state index in [-0.39, 0.29) is 23.7 Å². The Hall–Kier alpha value is -3.16. The second-order valence-electron chi connectivity index (χ2n) is 4.85. The van der Waals surface area contributed by atoms with Crippen LogP contribution in [0.4, 0.5) is 0 Å². The van der Waals surface area contributed by atoms with Crippen molar-refractivity contribution in [3.63, 3.8) is 0 Å². The molecule has 0 bridgehead atoms. The third-order valence-electron chi connectivity index (χ3n) is 3.30. The molecule has 3 heterocycles. The third kappa shape index (κ3) is 3.05. The van der Waals surface area contributed by atoms with Crippen LogP contribution in [-0.4, -0.2) is 9.97 Å². The Morgan fingerprint density at radius 2 is 2.09 bits per heavy atom. The number of aromatic amines is 1. The molecule has 0 saturated heterocycles.